The summed E-state index contributed by atoms with van der Waals surface area (Å²) in [5.74, 6) is 0.646. The van der Waals surface area contributed by atoms with E-state index in [1.165, 1.54) is 20.3 Å². The van der Waals surface area contributed by atoms with Crippen molar-refractivity contribution in [1.29, 1.82) is 0 Å². The Morgan fingerprint density at radius 2 is 1.20 bits per heavy atom. The number of benzene rings is 1. The van der Waals surface area contributed by atoms with Crippen molar-refractivity contribution in [2.75, 3.05) is 27.3 Å². The number of likely N-dealkylation sites (tertiary alicyclic amines) is 2. The van der Waals surface area contributed by atoms with Crippen LogP contribution in [0.15, 0.2) is 59.8 Å². The molecule has 16 heteroatoms. The molecule has 16 nitrogen and oxygen atoms in total. The van der Waals surface area contributed by atoms with E-state index < -0.39 is 24.3 Å². The minimum absolute atomic E-state index is 0.130. The zero-order valence-electron chi connectivity index (χ0n) is 32.0. The Hall–Kier alpha value is -5.93. The maximum absolute atomic E-state index is 13.5. The number of ether oxygens (including phenoxy) is 2. The molecule has 4 aromatic rings. The maximum atomic E-state index is 13.5. The van der Waals surface area contributed by atoms with E-state index in [4.69, 9.17) is 9.47 Å². The predicted octanol–water partition coefficient (Wildman–Crippen LogP) is 4.71. The molecule has 3 aromatic heterocycles. The Kier molecular flexibility index (Phi) is 11.7. The lowest BCUT2D eigenvalue weighted by Crippen LogP contribution is -2.51. The molecule has 4 amide bonds. The van der Waals surface area contributed by atoms with E-state index in [1.807, 2.05) is 58.0 Å². The smallest absolute Gasteiger partial charge is 0.407 e. The first-order chi connectivity index (χ1) is 26.4. The largest absolute Gasteiger partial charge is 0.453 e. The standard InChI is InChI=1S/C39H49N9O7/c1-22(2)32(44-38(52)54-5)36(50)47-16-7-9-29(47)34-40-20-27(42-34)24-11-13-26(14-12-24)46-18-15-25(19-31(46)49)28-21-41-35(43-28)30-10-8-17-48(30)37(51)33(23(3)4)45-39(53)55-6/h11-15,18-23,29-30,32-33H,7-10,16-17H2,1-6H3,(H,40,42)(H,41,43)(H,44,52)(H,45,53)/t29-,30-,32-,33-/m0/s1. The van der Waals surface area contributed by atoms with Crippen molar-refractivity contribution in [3.8, 4) is 28.2 Å². The number of H-pyrrole nitrogens is 2. The molecule has 2 fully saturated rings. The highest BCUT2D eigenvalue weighted by Crippen LogP contribution is 2.34. The first-order valence-corrected chi connectivity index (χ1v) is 18.6. The summed E-state index contributed by atoms with van der Waals surface area (Å²) in [6.45, 7) is 8.60. The third-order valence-corrected chi connectivity index (χ3v) is 10.4. The fourth-order valence-corrected chi connectivity index (χ4v) is 7.35. The summed E-state index contributed by atoms with van der Waals surface area (Å²) in [6.07, 6.45) is 6.88. The first kappa shape index (κ1) is 38.8. The lowest BCUT2D eigenvalue weighted by atomic mass is 10.0. The van der Waals surface area contributed by atoms with Crippen molar-refractivity contribution in [3.05, 3.63) is 77.0 Å². The van der Waals surface area contributed by atoms with Crippen molar-refractivity contribution >= 4 is 24.0 Å². The number of nitrogens with zero attached hydrogens (tertiary/aromatic N) is 5. The van der Waals surface area contributed by atoms with E-state index >= 15 is 0 Å². The van der Waals surface area contributed by atoms with E-state index in [0.29, 0.717) is 48.1 Å². The molecular formula is C39H49N9O7. The molecule has 1 aromatic carbocycles. The highest BCUT2D eigenvalue weighted by molar-refractivity contribution is 5.87. The van der Waals surface area contributed by atoms with Gasteiger partial charge in [-0.2, -0.15) is 0 Å². The molecule has 5 heterocycles. The van der Waals surface area contributed by atoms with Crippen molar-refractivity contribution in [3.63, 3.8) is 0 Å². The number of carbonyl (C=O) groups is 4. The second-order valence-corrected chi connectivity index (χ2v) is 14.6. The Balaban J connectivity index is 1.13. The number of pyridine rings is 1. The summed E-state index contributed by atoms with van der Waals surface area (Å²) < 4.78 is 11.0. The van der Waals surface area contributed by atoms with Gasteiger partial charge in [0.25, 0.3) is 5.56 Å². The Bertz CT molecular complexity index is 2070. The molecule has 55 heavy (non-hydrogen) atoms. The Labute approximate surface area is 319 Å². The number of hydrogen-bond donors (Lipinski definition) is 4. The molecule has 2 aliphatic rings. The number of carbonyl (C=O) groups excluding carboxylic acids is 4. The van der Waals surface area contributed by atoms with Gasteiger partial charge in [0.15, 0.2) is 0 Å². The average Bonchev–Trinajstić information content (AvgIpc) is 4.02. The molecule has 292 valence electrons. The zero-order chi connectivity index (χ0) is 39.4. The Morgan fingerprint density at radius 3 is 1.64 bits per heavy atom. The van der Waals surface area contributed by atoms with Crippen LogP contribution in [0.1, 0.15) is 77.1 Å². The van der Waals surface area contributed by atoms with Crippen LogP contribution in [0.4, 0.5) is 9.59 Å². The van der Waals surface area contributed by atoms with Gasteiger partial charge in [-0.3, -0.25) is 19.0 Å². The molecule has 2 saturated heterocycles. The third kappa shape index (κ3) is 8.27. The first-order valence-electron chi connectivity index (χ1n) is 18.6. The molecule has 0 radical (unpaired) electrons. The SMILES string of the molecule is COC(=O)N[C@H](C(=O)N1CCC[C@H]1c1ncc(-c2ccc(-n3ccc(-c4cnc([C@@H]5CCCN5C(=O)[C@@H](NC(=O)OC)C(C)C)[nH]4)cc3=O)cc2)[nH]1)C(C)C. The number of rotatable bonds is 11. The van der Waals surface area contributed by atoms with E-state index in [0.717, 1.165) is 30.5 Å². The quantitative estimate of drug-likeness (QED) is 0.168. The summed E-state index contributed by atoms with van der Waals surface area (Å²) in [5.41, 5.74) is 3.39. The van der Waals surface area contributed by atoms with Gasteiger partial charge in [-0.15, -0.1) is 0 Å². The zero-order valence-corrected chi connectivity index (χ0v) is 32.0. The number of imidazole rings is 2. The van der Waals surface area contributed by atoms with Crippen molar-refractivity contribution in [2.24, 2.45) is 11.8 Å². The van der Waals surface area contributed by atoms with Crippen LogP contribution in [0.5, 0.6) is 0 Å². The van der Waals surface area contributed by atoms with Crippen molar-refractivity contribution < 1.29 is 28.7 Å². The molecule has 0 spiro atoms. The molecule has 6 rings (SSSR count). The van der Waals surface area contributed by atoms with E-state index in [9.17, 15) is 24.0 Å². The van der Waals surface area contributed by atoms with Crippen LogP contribution >= 0.6 is 0 Å². The van der Waals surface area contributed by atoms with Gasteiger partial charge in [0.05, 0.1) is 50.1 Å². The highest BCUT2D eigenvalue weighted by atomic mass is 16.5. The maximum Gasteiger partial charge on any atom is 0.407 e. The minimum atomic E-state index is -0.733. The summed E-state index contributed by atoms with van der Waals surface area (Å²) in [7, 11) is 2.54. The summed E-state index contributed by atoms with van der Waals surface area (Å²) in [4.78, 5) is 83.7. The molecule has 0 unspecified atom stereocenters. The number of hydrogen-bond acceptors (Lipinski definition) is 9. The van der Waals surface area contributed by atoms with Gasteiger partial charge < -0.3 is 39.9 Å². The number of alkyl carbamates (subject to hydrolysis) is 2. The van der Waals surface area contributed by atoms with Crippen LogP contribution in [0.2, 0.25) is 0 Å². The van der Waals surface area contributed by atoms with E-state index in [2.05, 4.69) is 30.6 Å². The summed E-state index contributed by atoms with van der Waals surface area (Å²) in [6, 6.07) is 8.89. The number of aromatic amines is 2. The van der Waals surface area contributed by atoms with Gasteiger partial charge in [-0.05, 0) is 61.3 Å². The highest BCUT2D eigenvalue weighted by Gasteiger charge is 2.39. The van der Waals surface area contributed by atoms with Crippen molar-refractivity contribution in [1.82, 2.24) is 44.9 Å². The molecule has 0 aliphatic carbocycles. The number of methoxy groups -OCH3 is 2. The fourth-order valence-electron chi connectivity index (χ4n) is 7.35. The monoisotopic (exact) mass is 755 g/mol. The average molecular weight is 756 g/mol. The van der Waals surface area contributed by atoms with Crippen LogP contribution in [0.25, 0.3) is 28.2 Å². The van der Waals surface area contributed by atoms with Crippen LogP contribution in [0, 0.1) is 11.8 Å². The van der Waals surface area contributed by atoms with Gasteiger partial charge in [-0.25, -0.2) is 19.6 Å². The van der Waals surface area contributed by atoms with Gasteiger partial charge in [0, 0.05) is 36.6 Å². The normalized spacial score (nSPS) is 18.0. The van der Waals surface area contributed by atoms with Crippen molar-refractivity contribution in [2.45, 2.75) is 77.5 Å². The topological polar surface area (TPSA) is 197 Å². The van der Waals surface area contributed by atoms with E-state index in [1.54, 1.807) is 33.0 Å². The van der Waals surface area contributed by atoms with E-state index in [-0.39, 0.29) is 41.3 Å². The minimum Gasteiger partial charge on any atom is -0.453 e. The number of aromatic nitrogens is 5. The predicted molar refractivity (Wildman–Crippen MR) is 203 cm³/mol. The molecular weight excluding hydrogens is 706 g/mol. The summed E-state index contributed by atoms with van der Waals surface area (Å²) >= 11 is 0. The molecule has 0 saturated carbocycles. The van der Waals surface area contributed by atoms with Crippen LogP contribution in [0.3, 0.4) is 0 Å². The Morgan fingerprint density at radius 1 is 0.727 bits per heavy atom. The summed E-state index contributed by atoms with van der Waals surface area (Å²) in [5, 5.41) is 5.33. The lowest BCUT2D eigenvalue weighted by Gasteiger charge is -2.30. The van der Waals surface area contributed by atoms with Gasteiger partial charge >= 0.3 is 12.2 Å². The fraction of sp³-hybridized carbons (Fsp3) is 0.462. The van der Waals surface area contributed by atoms with Crippen LogP contribution < -0.4 is 16.2 Å². The van der Waals surface area contributed by atoms with Gasteiger partial charge in [0.1, 0.15) is 23.7 Å². The molecule has 4 N–H and O–H groups in total. The van der Waals surface area contributed by atoms with Crippen LogP contribution in [-0.2, 0) is 19.1 Å². The number of nitrogens with one attached hydrogen (secondary N) is 4. The molecule has 0 bridgehead atoms. The number of amides is 4. The van der Waals surface area contributed by atoms with Gasteiger partial charge in [0.2, 0.25) is 11.8 Å². The molecule has 4 atom stereocenters. The lowest BCUT2D eigenvalue weighted by molar-refractivity contribution is -0.136. The second kappa shape index (κ2) is 16.6. The molecule has 2 aliphatic heterocycles. The van der Waals surface area contributed by atoms with Crippen LogP contribution in [-0.4, -0.2) is 97.7 Å². The van der Waals surface area contributed by atoms with Gasteiger partial charge in [-0.1, -0.05) is 39.8 Å². The second-order valence-electron chi connectivity index (χ2n) is 14.6. The third-order valence-electron chi connectivity index (χ3n) is 10.4.